The number of fused-ring (bicyclic) bond motifs is 1. The highest BCUT2D eigenvalue weighted by Crippen LogP contribution is 2.30. The minimum atomic E-state index is -3.94. The molecule has 2 atom stereocenters. The van der Waals surface area contributed by atoms with Gasteiger partial charge in [-0.2, -0.15) is 4.31 Å². The molecule has 0 N–H and O–H groups in total. The summed E-state index contributed by atoms with van der Waals surface area (Å²) in [5.74, 6) is -0.892. The van der Waals surface area contributed by atoms with Crippen LogP contribution in [0, 0.1) is 5.82 Å². The molecule has 0 radical (unpaired) electrons. The summed E-state index contributed by atoms with van der Waals surface area (Å²) in [7, 11) is -2.00. The van der Waals surface area contributed by atoms with Crippen molar-refractivity contribution in [3.63, 3.8) is 0 Å². The molecule has 0 amide bonds. The summed E-state index contributed by atoms with van der Waals surface area (Å²) in [6.45, 7) is 1.99. The minimum Gasteiger partial charge on any atom is -0.375 e. The molecule has 2 aliphatic rings. The molecule has 1 aromatic carbocycles. The van der Waals surface area contributed by atoms with Gasteiger partial charge in [0.1, 0.15) is 4.90 Å². The summed E-state index contributed by atoms with van der Waals surface area (Å²) >= 11 is 5.73. The van der Waals surface area contributed by atoms with Gasteiger partial charge in [-0.25, -0.2) is 12.8 Å². The average Bonchev–Trinajstić information content (AvgIpc) is 2.49. The normalized spacial score (nSPS) is 27.6. The van der Waals surface area contributed by atoms with Gasteiger partial charge in [0.15, 0.2) is 5.82 Å². The van der Waals surface area contributed by atoms with Crippen LogP contribution < -0.4 is 0 Å². The summed E-state index contributed by atoms with van der Waals surface area (Å²) in [5, 5.41) is -0.188. The molecule has 0 bridgehead atoms. The first-order valence-electron chi connectivity index (χ1n) is 7.17. The monoisotopic (exact) mass is 348 g/mol. The molecular formula is C14H18ClFN2O3S. The molecule has 0 aliphatic carbocycles. The lowest BCUT2D eigenvalue weighted by Crippen LogP contribution is -2.60. The Hall–Kier alpha value is -0.730. The molecule has 2 heterocycles. The fraction of sp³-hybridized carbons (Fsp3) is 0.571. The number of rotatable bonds is 2. The summed E-state index contributed by atoms with van der Waals surface area (Å²) in [5.41, 5.74) is 0. The van der Waals surface area contributed by atoms with Crippen LogP contribution in [0.4, 0.5) is 4.39 Å². The van der Waals surface area contributed by atoms with Crippen LogP contribution >= 0.6 is 11.6 Å². The Morgan fingerprint density at radius 1 is 1.36 bits per heavy atom. The molecule has 22 heavy (non-hydrogen) atoms. The van der Waals surface area contributed by atoms with Gasteiger partial charge in [-0.15, -0.1) is 0 Å². The van der Waals surface area contributed by atoms with Crippen molar-refractivity contribution in [2.45, 2.75) is 23.5 Å². The fourth-order valence-electron chi connectivity index (χ4n) is 3.11. The Morgan fingerprint density at radius 2 is 2.14 bits per heavy atom. The number of likely N-dealkylation sites (N-methyl/N-ethyl adjacent to an activating group) is 1. The van der Waals surface area contributed by atoms with E-state index in [1.807, 2.05) is 7.05 Å². The molecule has 3 rings (SSSR count). The number of piperidine rings is 1. The van der Waals surface area contributed by atoms with E-state index in [1.54, 1.807) is 0 Å². The lowest BCUT2D eigenvalue weighted by molar-refractivity contribution is -0.0720. The van der Waals surface area contributed by atoms with Crippen LogP contribution in [0.3, 0.4) is 0 Å². The third-order valence-corrected chi connectivity index (χ3v) is 6.47. The molecule has 1 aromatic rings. The van der Waals surface area contributed by atoms with Crippen LogP contribution in [-0.2, 0) is 14.8 Å². The average molecular weight is 349 g/mol. The van der Waals surface area contributed by atoms with Gasteiger partial charge in [0.05, 0.1) is 23.8 Å². The lowest BCUT2D eigenvalue weighted by atomic mass is 10.0. The minimum absolute atomic E-state index is 0.137. The Bertz CT molecular complexity index is 670. The first-order valence-corrected chi connectivity index (χ1v) is 8.99. The second-order valence-electron chi connectivity index (χ2n) is 5.70. The maximum absolute atomic E-state index is 14.2. The molecule has 2 fully saturated rings. The van der Waals surface area contributed by atoms with Gasteiger partial charge >= 0.3 is 0 Å². The van der Waals surface area contributed by atoms with Gasteiger partial charge in [-0.1, -0.05) is 17.7 Å². The van der Waals surface area contributed by atoms with E-state index in [1.165, 1.54) is 22.5 Å². The summed E-state index contributed by atoms with van der Waals surface area (Å²) in [4.78, 5) is 1.70. The highest BCUT2D eigenvalue weighted by molar-refractivity contribution is 7.89. The number of sulfonamides is 1. The molecule has 8 heteroatoms. The van der Waals surface area contributed by atoms with Crippen LogP contribution in [-0.4, -0.2) is 63.1 Å². The van der Waals surface area contributed by atoms with Crippen molar-refractivity contribution in [1.82, 2.24) is 9.21 Å². The standard InChI is InChI=1S/C14H18ClFN2O3S/c1-17-6-5-12-11(9-17)18(7-8-21-12)22(19,20)13-4-2-3-10(15)14(13)16/h2-4,11-12H,5-9H2,1H3/t11-,12+/m0/s1. The number of likely N-dealkylation sites (tertiary alicyclic amines) is 1. The number of ether oxygens (including phenoxy) is 1. The first-order chi connectivity index (χ1) is 10.4. The van der Waals surface area contributed by atoms with Crippen molar-refractivity contribution >= 4 is 21.6 Å². The first kappa shape index (κ1) is 16.1. The maximum Gasteiger partial charge on any atom is 0.246 e. The molecule has 0 unspecified atom stereocenters. The Labute approximate surface area is 134 Å². The summed E-state index contributed by atoms with van der Waals surface area (Å²) < 4.78 is 47.0. The zero-order valence-corrected chi connectivity index (χ0v) is 13.8. The van der Waals surface area contributed by atoms with Gasteiger partial charge < -0.3 is 9.64 Å². The molecule has 2 aliphatic heterocycles. The highest BCUT2D eigenvalue weighted by atomic mass is 35.5. The largest absolute Gasteiger partial charge is 0.375 e. The van der Waals surface area contributed by atoms with E-state index in [4.69, 9.17) is 16.3 Å². The van der Waals surface area contributed by atoms with Crippen LogP contribution in [0.25, 0.3) is 0 Å². The van der Waals surface area contributed by atoms with Gasteiger partial charge in [0.25, 0.3) is 0 Å². The van der Waals surface area contributed by atoms with Crippen LogP contribution in [0.1, 0.15) is 6.42 Å². The lowest BCUT2D eigenvalue weighted by Gasteiger charge is -2.45. The van der Waals surface area contributed by atoms with Gasteiger partial charge in [0.2, 0.25) is 10.0 Å². The molecule has 122 valence electrons. The number of hydrogen-bond acceptors (Lipinski definition) is 4. The topological polar surface area (TPSA) is 49.9 Å². The number of nitrogens with zero attached hydrogens (tertiary/aromatic N) is 2. The SMILES string of the molecule is CN1CC[C@H]2OCCN(S(=O)(=O)c3cccc(Cl)c3F)[C@H]2C1. The highest BCUT2D eigenvalue weighted by Gasteiger charge is 2.43. The van der Waals surface area contributed by atoms with Crippen molar-refractivity contribution < 1.29 is 17.5 Å². The van der Waals surface area contributed by atoms with E-state index in [0.717, 1.165) is 13.0 Å². The van der Waals surface area contributed by atoms with Gasteiger partial charge in [0, 0.05) is 19.6 Å². The van der Waals surface area contributed by atoms with E-state index in [9.17, 15) is 12.8 Å². The smallest absolute Gasteiger partial charge is 0.246 e. The Morgan fingerprint density at radius 3 is 2.91 bits per heavy atom. The third-order valence-electron chi connectivity index (χ3n) is 4.24. The second kappa shape index (κ2) is 6.05. The third kappa shape index (κ3) is 2.76. The van der Waals surface area contributed by atoms with Crippen molar-refractivity contribution in [1.29, 1.82) is 0 Å². The molecular weight excluding hydrogens is 331 g/mol. The number of halogens is 2. The van der Waals surface area contributed by atoms with E-state index in [2.05, 4.69) is 4.90 Å². The van der Waals surface area contributed by atoms with Crippen molar-refractivity contribution in [2.24, 2.45) is 0 Å². The van der Waals surface area contributed by atoms with E-state index in [-0.39, 0.29) is 28.6 Å². The summed E-state index contributed by atoms with van der Waals surface area (Å²) in [6, 6.07) is 3.75. The zero-order valence-electron chi connectivity index (χ0n) is 12.2. The van der Waals surface area contributed by atoms with E-state index >= 15 is 0 Å². The van der Waals surface area contributed by atoms with Crippen molar-refractivity contribution in [3.8, 4) is 0 Å². The van der Waals surface area contributed by atoms with E-state index < -0.39 is 15.8 Å². The van der Waals surface area contributed by atoms with Crippen molar-refractivity contribution in [2.75, 3.05) is 33.3 Å². The molecule has 5 nitrogen and oxygen atoms in total. The Kier molecular flexibility index (Phi) is 4.44. The van der Waals surface area contributed by atoms with Crippen LogP contribution in [0.2, 0.25) is 5.02 Å². The quantitative estimate of drug-likeness (QED) is 0.814. The van der Waals surface area contributed by atoms with Crippen molar-refractivity contribution in [3.05, 3.63) is 29.0 Å². The van der Waals surface area contributed by atoms with E-state index in [0.29, 0.717) is 13.2 Å². The number of hydrogen-bond donors (Lipinski definition) is 0. The number of benzene rings is 1. The fourth-order valence-corrected chi connectivity index (χ4v) is 5.05. The van der Waals surface area contributed by atoms with Crippen LogP contribution in [0.5, 0.6) is 0 Å². The molecule has 0 aromatic heterocycles. The predicted octanol–water partition coefficient (Wildman–Crippen LogP) is 1.57. The molecule has 0 saturated carbocycles. The van der Waals surface area contributed by atoms with Gasteiger partial charge in [-0.05, 0) is 25.6 Å². The maximum atomic E-state index is 14.2. The second-order valence-corrected chi connectivity index (χ2v) is 7.96. The summed E-state index contributed by atoms with van der Waals surface area (Å²) in [6.07, 6.45) is 0.632. The zero-order chi connectivity index (χ0) is 15.9. The molecule has 0 spiro atoms. The number of morpholine rings is 1. The Balaban J connectivity index is 1.98. The predicted molar refractivity (Wildman–Crippen MR) is 80.9 cm³/mol. The van der Waals surface area contributed by atoms with Crippen LogP contribution in [0.15, 0.2) is 23.1 Å². The molecule has 2 saturated heterocycles. The van der Waals surface area contributed by atoms with Gasteiger partial charge in [-0.3, -0.25) is 0 Å².